The van der Waals surface area contributed by atoms with Gasteiger partial charge in [0.25, 0.3) is 0 Å². The molecule has 1 heterocycles. The van der Waals surface area contributed by atoms with E-state index in [0.29, 0.717) is 11.9 Å². The molecule has 2 rings (SSSR count). The third kappa shape index (κ3) is 3.05. The van der Waals surface area contributed by atoms with Gasteiger partial charge in [-0.05, 0) is 25.5 Å². The number of thioether (sulfide) groups is 1. The molecule has 0 amide bonds. The number of carbonyl (C=O) groups is 1. The zero-order valence-corrected chi connectivity index (χ0v) is 12.2. The van der Waals surface area contributed by atoms with E-state index in [0.717, 1.165) is 19.3 Å². The minimum absolute atomic E-state index is 0.227. The molecule has 5 nitrogen and oxygen atoms in total. The van der Waals surface area contributed by atoms with Crippen molar-refractivity contribution in [3.8, 4) is 0 Å². The summed E-state index contributed by atoms with van der Waals surface area (Å²) in [5.74, 6) is -0.420. The topological polar surface area (TPSA) is 73.7 Å². The van der Waals surface area contributed by atoms with Gasteiger partial charge in [-0.15, -0.1) is 11.8 Å². The van der Waals surface area contributed by atoms with E-state index in [2.05, 4.69) is 15.6 Å². The van der Waals surface area contributed by atoms with Gasteiger partial charge in [0, 0.05) is 12.2 Å². The third-order valence-corrected chi connectivity index (χ3v) is 4.91. The van der Waals surface area contributed by atoms with Gasteiger partial charge in [-0.2, -0.15) is 0 Å². The van der Waals surface area contributed by atoms with Crippen LogP contribution in [0.1, 0.15) is 39.0 Å². The summed E-state index contributed by atoms with van der Waals surface area (Å²) < 4.78 is 0. The summed E-state index contributed by atoms with van der Waals surface area (Å²) in [6.07, 6.45) is 8.95. The van der Waals surface area contributed by atoms with E-state index in [9.17, 15) is 9.90 Å². The van der Waals surface area contributed by atoms with Crippen molar-refractivity contribution < 1.29 is 9.90 Å². The molecule has 1 aliphatic heterocycles. The van der Waals surface area contributed by atoms with Gasteiger partial charge in [0.1, 0.15) is 11.4 Å². The quantitative estimate of drug-likeness (QED) is 0.735. The number of hydrogen-bond acceptors (Lipinski definition) is 5. The van der Waals surface area contributed by atoms with Crippen LogP contribution < -0.4 is 10.6 Å². The number of amidine groups is 1. The van der Waals surface area contributed by atoms with Gasteiger partial charge in [-0.1, -0.05) is 19.8 Å². The highest BCUT2D eigenvalue weighted by molar-refractivity contribution is 7.99. The Labute approximate surface area is 117 Å². The van der Waals surface area contributed by atoms with Gasteiger partial charge >= 0.3 is 5.97 Å². The summed E-state index contributed by atoms with van der Waals surface area (Å²) >= 11 is 1.59. The number of hydrogen-bond donors (Lipinski definition) is 3. The van der Waals surface area contributed by atoms with Gasteiger partial charge in [-0.25, -0.2) is 9.79 Å². The Kier molecular flexibility index (Phi) is 4.39. The molecule has 1 atom stereocenters. The molecule has 1 aliphatic carbocycles. The van der Waals surface area contributed by atoms with E-state index in [1.165, 1.54) is 12.8 Å². The van der Waals surface area contributed by atoms with E-state index in [4.69, 9.17) is 0 Å². The van der Waals surface area contributed by atoms with Crippen molar-refractivity contribution in [3.05, 3.63) is 11.8 Å². The first-order chi connectivity index (χ1) is 9.10. The lowest BCUT2D eigenvalue weighted by atomic mass is 10.1. The van der Waals surface area contributed by atoms with Gasteiger partial charge in [0.05, 0.1) is 0 Å². The smallest absolute Gasteiger partial charge is 0.340 e. The summed E-state index contributed by atoms with van der Waals surface area (Å²) in [6.45, 7) is 2.04. The number of carboxylic acids is 1. The molecule has 1 fully saturated rings. The molecule has 6 heteroatoms. The number of aliphatic carboxylic acids is 1. The van der Waals surface area contributed by atoms with Crippen LogP contribution in [-0.2, 0) is 4.79 Å². The highest BCUT2D eigenvalue weighted by atomic mass is 32.2. The molecule has 0 bridgehead atoms. The van der Waals surface area contributed by atoms with E-state index >= 15 is 0 Å². The van der Waals surface area contributed by atoms with Crippen molar-refractivity contribution in [3.63, 3.8) is 0 Å². The summed E-state index contributed by atoms with van der Waals surface area (Å²) in [5, 5.41) is 15.7. The zero-order chi connectivity index (χ0) is 13.9. The lowest BCUT2D eigenvalue weighted by molar-refractivity contribution is -0.132. The van der Waals surface area contributed by atoms with Crippen LogP contribution in [0.5, 0.6) is 0 Å². The number of carboxylic acid groups (broad SMARTS) is 1. The molecule has 0 radical (unpaired) electrons. The summed E-state index contributed by atoms with van der Waals surface area (Å²) in [4.78, 5) is 15.5. The van der Waals surface area contributed by atoms with E-state index in [1.807, 2.05) is 13.2 Å². The van der Waals surface area contributed by atoms with Crippen LogP contribution in [0, 0.1) is 0 Å². The number of rotatable bonds is 4. The van der Waals surface area contributed by atoms with Crippen LogP contribution in [0.2, 0.25) is 0 Å². The minimum Gasteiger partial charge on any atom is -0.478 e. The molecular formula is C13H21N3O2S. The minimum atomic E-state index is -0.942. The average molecular weight is 283 g/mol. The standard InChI is InChI=1S/C13H21N3O2S/c1-3-13(19-2)14-8-10(12(17)18)11(16-13)15-9-6-4-5-7-9/h8-9,14H,3-7H2,1-2H3,(H,15,16)(H,17,18). The summed E-state index contributed by atoms with van der Waals surface area (Å²) in [7, 11) is 0. The fourth-order valence-electron chi connectivity index (χ4n) is 2.49. The monoisotopic (exact) mass is 283 g/mol. The Morgan fingerprint density at radius 3 is 2.84 bits per heavy atom. The highest BCUT2D eigenvalue weighted by Gasteiger charge is 2.33. The number of nitrogens with one attached hydrogen (secondary N) is 2. The molecule has 2 aliphatic rings. The third-order valence-electron chi connectivity index (χ3n) is 3.73. The summed E-state index contributed by atoms with van der Waals surface area (Å²) in [6, 6.07) is 0.357. The summed E-state index contributed by atoms with van der Waals surface area (Å²) in [5.41, 5.74) is 0.227. The molecule has 0 aromatic rings. The number of nitrogens with zero attached hydrogens (tertiary/aromatic N) is 1. The van der Waals surface area contributed by atoms with Crippen LogP contribution in [0.3, 0.4) is 0 Å². The van der Waals surface area contributed by atoms with E-state index in [1.54, 1.807) is 18.0 Å². The van der Waals surface area contributed by atoms with Crippen molar-refractivity contribution in [2.45, 2.75) is 50.1 Å². The molecule has 0 spiro atoms. The Hall–Kier alpha value is -1.17. The molecular weight excluding hydrogens is 262 g/mol. The highest BCUT2D eigenvalue weighted by Crippen LogP contribution is 2.29. The SMILES string of the molecule is CCC1(SC)N=C(NC2CCCC2)C(C(=O)O)=CN1. The van der Waals surface area contributed by atoms with Crippen molar-refractivity contribution in [2.75, 3.05) is 6.26 Å². The first kappa shape index (κ1) is 14.2. The molecule has 1 saturated carbocycles. The van der Waals surface area contributed by atoms with Crippen LogP contribution in [-0.4, -0.2) is 34.2 Å². The van der Waals surface area contributed by atoms with Crippen LogP contribution in [0.4, 0.5) is 0 Å². The second-order valence-electron chi connectivity index (χ2n) is 4.94. The first-order valence-electron chi connectivity index (χ1n) is 6.73. The zero-order valence-electron chi connectivity index (χ0n) is 11.4. The normalized spacial score (nSPS) is 27.5. The van der Waals surface area contributed by atoms with Crippen LogP contribution in [0.15, 0.2) is 16.8 Å². The van der Waals surface area contributed by atoms with Crippen molar-refractivity contribution >= 4 is 23.6 Å². The fourth-order valence-corrected chi connectivity index (χ4v) is 3.14. The maximum atomic E-state index is 11.3. The second-order valence-corrected chi connectivity index (χ2v) is 6.02. The predicted molar refractivity (Wildman–Crippen MR) is 78.2 cm³/mol. The lowest BCUT2D eigenvalue weighted by Gasteiger charge is -2.32. The maximum absolute atomic E-state index is 11.3. The molecule has 0 aromatic carbocycles. The van der Waals surface area contributed by atoms with Crippen LogP contribution >= 0.6 is 11.8 Å². The van der Waals surface area contributed by atoms with E-state index in [-0.39, 0.29) is 5.57 Å². The Morgan fingerprint density at radius 2 is 2.32 bits per heavy atom. The molecule has 19 heavy (non-hydrogen) atoms. The van der Waals surface area contributed by atoms with Crippen LogP contribution in [0.25, 0.3) is 0 Å². The number of aliphatic imine (C=N–C) groups is 1. The van der Waals surface area contributed by atoms with Crippen molar-refractivity contribution in [2.24, 2.45) is 4.99 Å². The fraction of sp³-hybridized carbons (Fsp3) is 0.692. The predicted octanol–water partition coefficient (Wildman–Crippen LogP) is 1.92. The Balaban J connectivity index is 2.22. The van der Waals surface area contributed by atoms with Gasteiger partial charge in [0.2, 0.25) is 0 Å². The van der Waals surface area contributed by atoms with Gasteiger partial charge in [0.15, 0.2) is 4.99 Å². The molecule has 3 N–H and O–H groups in total. The molecule has 0 saturated heterocycles. The molecule has 106 valence electrons. The van der Waals surface area contributed by atoms with Crippen molar-refractivity contribution in [1.82, 2.24) is 10.6 Å². The van der Waals surface area contributed by atoms with Gasteiger partial charge < -0.3 is 15.7 Å². The lowest BCUT2D eigenvalue weighted by Crippen LogP contribution is -2.47. The van der Waals surface area contributed by atoms with E-state index < -0.39 is 11.0 Å². The molecule has 0 aromatic heterocycles. The van der Waals surface area contributed by atoms with Gasteiger partial charge in [-0.3, -0.25) is 0 Å². The average Bonchev–Trinajstić information content (AvgIpc) is 2.91. The Bertz CT molecular complexity index is 410. The van der Waals surface area contributed by atoms with Crippen molar-refractivity contribution in [1.29, 1.82) is 0 Å². The largest absolute Gasteiger partial charge is 0.478 e. The first-order valence-corrected chi connectivity index (χ1v) is 7.96. The Morgan fingerprint density at radius 1 is 1.63 bits per heavy atom. The molecule has 1 unspecified atom stereocenters. The second kappa shape index (κ2) is 5.86. The maximum Gasteiger partial charge on any atom is 0.340 e.